The van der Waals surface area contributed by atoms with Crippen LogP contribution in [0.15, 0.2) is 42.5 Å². The van der Waals surface area contributed by atoms with Crippen molar-refractivity contribution in [3.8, 4) is 17.2 Å². The van der Waals surface area contributed by atoms with Gasteiger partial charge in [-0.1, -0.05) is 90.2 Å². The van der Waals surface area contributed by atoms with Gasteiger partial charge in [-0.15, -0.1) is 0 Å². The van der Waals surface area contributed by atoms with Gasteiger partial charge in [-0.05, 0) is 37.1 Å². The normalized spacial score (nSPS) is 10.8. The average Bonchev–Trinajstić information content (AvgIpc) is 2.84. The highest BCUT2D eigenvalue weighted by molar-refractivity contribution is 5.94. The number of hydrogen-bond acceptors (Lipinski definition) is 4. The van der Waals surface area contributed by atoms with Gasteiger partial charge in [0.2, 0.25) is 0 Å². The lowest BCUT2D eigenvalue weighted by Crippen LogP contribution is -2.11. The lowest BCUT2D eigenvalue weighted by Gasteiger charge is -2.12. The van der Waals surface area contributed by atoms with Gasteiger partial charge < -0.3 is 14.2 Å². The second kappa shape index (κ2) is 17.0. The van der Waals surface area contributed by atoms with E-state index in [0.29, 0.717) is 24.5 Å². The summed E-state index contributed by atoms with van der Waals surface area (Å²) in [6, 6.07) is 11.2. The standard InChI is InChI=1S/C29H41FO4/c1-3-5-7-9-11-15-21-32-27-18-14-13-17-25(27)29(31)34-24-19-20-28(26(30)23-24)33-22-16-12-10-8-6-4-2/h13-14,17-20,23H,3-12,15-16,21-22H2,1-2H3. The summed E-state index contributed by atoms with van der Waals surface area (Å²) in [5, 5.41) is 0. The van der Waals surface area contributed by atoms with Gasteiger partial charge in [-0.25, -0.2) is 9.18 Å². The van der Waals surface area contributed by atoms with Crippen LogP contribution in [0.2, 0.25) is 0 Å². The van der Waals surface area contributed by atoms with E-state index < -0.39 is 11.8 Å². The number of rotatable bonds is 18. The summed E-state index contributed by atoms with van der Waals surface area (Å²) in [5.74, 6) is -0.306. The summed E-state index contributed by atoms with van der Waals surface area (Å²) >= 11 is 0. The van der Waals surface area contributed by atoms with Crippen molar-refractivity contribution in [1.82, 2.24) is 0 Å². The molecule has 0 aliphatic carbocycles. The highest BCUT2D eigenvalue weighted by atomic mass is 19.1. The monoisotopic (exact) mass is 472 g/mol. The molecule has 0 N–H and O–H groups in total. The Morgan fingerprint density at radius 2 is 1.26 bits per heavy atom. The largest absolute Gasteiger partial charge is 0.493 e. The summed E-state index contributed by atoms with van der Waals surface area (Å²) in [5.41, 5.74) is 0.331. The fraction of sp³-hybridized carbons (Fsp3) is 0.552. The molecular weight excluding hydrogens is 431 g/mol. The molecule has 0 amide bonds. The van der Waals surface area contributed by atoms with Gasteiger partial charge >= 0.3 is 5.97 Å². The Morgan fingerprint density at radius 1 is 0.706 bits per heavy atom. The molecule has 0 saturated heterocycles. The summed E-state index contributed by atoms with van der Waals surface area (Å²) in [6.45, 7) is 5.42. The molecule has 34 heavy (non-hydrogen) atoms. The first-order chi connectivity index (χ1) is 16.7. The highest BCUT2D eigenvalue weighted by Crippen LogP contribution is 2.26. The van der Waals surface area contributed by atoms with Crippen molar-refractivity contribution in [3.63, 3.8) is 0 Å². The molecule has 0 atom stereocenters. The molecule has 0 spiro atoms. The SMILES string of the molecule is CCCCCCCCOc1ccc(OC(=O)c2ccccc2OCCCCCCCC)cc1F. The number of carbonyl (C=O) groups is 1. The number of esters is 1. The van der Waals surface area contributed by atoms with Crippen molar-refractivity contribution < 1.29 is 23.4 Å². The number of benzene rings is 2. The first-order valence-corrected chi connectivity index (χ1v) is 13.0. The van der Waals surface area contributed by atoms with Gasteiger partial charge in [0.15, 0.2) is 11.6 Å². The Kier molecular flexibility index (Phi) is 13.8. The first-order valence-electron chi connectivity index (χ1n) is 13.0. The first kappa shape index (κ1) is 27.7. The minimum atomic E-state index is -0.571. The van der Waals surface area contributed by atoms with E-state index in [1.54, 1.807) is 24.3 Å². The van der Waals surface area contributed by atoms with Gasteiger partial charge in [0.05, 0.1) is 13.2 Å². The number of hydrogen-bond donors (Lipinski definition) is 0. The smallest absolute Gasteiger partial charge is 0.347 e. The van der Waals surface area contributed by atoms with Gasteiger partial charge in [0.1, 0.15) is 17.1 Å². The van der Waals surface area contributed by atoms with Crippen molar-refractivity contribution in [1.29, 1.82) is 0 Å². The van der Waals surface area contributed by atoms with Gasteiger partial charge in [0.25, 0.3) is 0 Å². The predicted molar refractivity (Wildman–Crippen MR) is 136 cm³/mol. The summed E-state index contributed by atoms with van der Waals surface area (Å²) in [4.78, 5) is 12.7. The van der Waals surface area contributed by atoms with Crippen molar-refractivity contribution in [2.45, 2.75) is 90.9 Å². The lowest BCUT2D eigenvalue weighted by atomic mass is 10.1. The molecule has 0 aliphatic rings. The van der Waals surface area contributed by atoms with Gasteiger partial charge in [-0.2, -0.15) is 0 Å². The average molecular weight is 473 g/mol. The maximum absolute atomic E-state index is 14.4. The van der Waals surface area contributed by atoms with Crippen LogP contribution in [0, 0.1) is 5.82 Å². The third kappa shape index (κ3) is 10.6. The molecule has 0 saturated carbocycles. The fourth-order valence-corrected chi connectivity index (χ4v) is 3.71. The quantitative estimate of drug-likeness (QED) is 0.124. The zero-order valence-corrected chi connectivity index (χ0v) is 21.0. The number of para-hydroxylation sites is 1. The molecule has 5 heteroatoms. The Morgan fingerprint density at radius 3 is 1.88 bits per heavy atom. The summed E-state index contributed by atoms with van der Waals surface area (Å²) in [6.07, 6.45) is 13.9. The van der Waals surface area contributed by atoms with Gasteiger partial charge in [0, 0.05) is 6.07 Å². The van der Waals surface area contributed by atoms with Crippen LogP contribution in [0.1, 0.15) is 101 Å². The van der Waals surface area contributed by atoms with E-state index in [-0.39, 0.29) is 11.5 Å². The minimum Gasteiger partial charge on any atom is -0.493 e. The van der Waals surface area contributed by atoms with Crippen molar-refractivity contribution in [3.05, 3.63) is 53.8 Å². The van der Waals surface area contributed by atoms with Crippen molar-refractivity contribution in [2.24, 2.45) is 0 Å². The van der Waals surface area contributed by atoms with E-state index in [2.05, 4.69) is 13.8 Å². The van der Waals surface area contributed by atoms with E-state index in [1.807, 2.05) is 6.07 Å². The van der Waals surface area contributed by atoms with Crippen LogP contribution in [0.5, 0.6) is 17.2 Å². The molecular formula is C29H41FO4. The Labute approximate surface area is 204 Å². The summed E-state index contributed by atoms with van der Waals surface area (Å²) in [7, 11) is 0. The number of carbonyl (C=O) groups excluding carboxylic acids is 1. The summed E-state index contributed by atoms with van der Waals surface area (Å²) < 4.78 is 31.2. The fourth-order valence-electron chi connectivity index (χ4n) is 3.71. The molecule has 0 heterocycles. The van der Waals surface area contributed by atoms with E-state index in [1.165, 1.54) is 63.5 Å². The maximum Gasteiger partial charge on any atom is 0.347 e. The van der Waals surface area contributed by atoms with Crippen molar-refractivity contribution in [2.75, 3.05) is 13.2 Å². The van der Waals surface area contributed by atoms with Crippen LogP contribution in [-0.4, -0.2) is 19.2 Å². The van der Waals surface area contributed by atoms with Crippen LogP contribution in [0.4, 0.5) is 4.39 Å². The molecule has 2 aromatic carbocycles. The Bertz CT molecular complexity index is 837. The van der Waals surface area contributed by atoms with Crippen LogP contribution in [0.25, 0.3) is 0 Å². The molecule has 0 radical (unpaired) electrons. The molecule has 2 aromatic rings. The zero-order chi connectivity index (χ0) is 24.4. The van der Waals surface area contributed by atoms with Crippen LogP contribution in [-0.2, 0) is 0 Å². The third-order valence-electron chi connectivity index (χ3n) is 5.73. The molecule has 188 valence electrons. The Balaban J connectivity index is 1.81. The molecule has 0 unspecified atom stereocenters. The van der Waals surface area contributed by atoms with Crippen LogP contribution in [0.3, 0.4) is 0 Å². The van der Waals surface area contributed by atoms with Crippen LogP contribution < -0.4 is 14.2 Å². The maximum atomic E-state index is 14.4. The number of ether oxygens (including phenoxy) is 3. The second-order valence-corrected chi connectivity index (χ2v) is 8.71. The third-order valence-corrected chi connectivity index (χ3v) is 5.73. The van der Waals surface area contributed by atoms with E-state index >= 15 is 0 Å². The predicted octanol–water partition coefficient (Wildman–Crippen LogP) is 8.52. The number of unbranched alkanes of at least 4 members (excludes halogenated alkanes) is 10. The molecule has 2 rings (SSSR count). The van der Waals surface area contributed by atoms with Gasteiger partial charge in [-0.3, -0.25) is 0 Å². The van der Waals surface area contributed by atoms with E-state index in [9.17, 15) is 9.18 Å². The lowest BCUT2D eigenvalue weighted by molar-refractivity contribution is 0.0729. The highest BCUT2D eigenvalue weighted by Gasteiger charge is 2.16. The zero-order valence-electron chi connectivity index (χ0n) is 21.0. The Hall–Kier alpha value is -2.56. The van der Waals surface area contributed by atoms with E-state index in [0.717, 1.165) is 25.7 Å². The molecule has 4 nitrogen and oxygen atoms in total. The second-order valence-electron chi connectivity index (χ2n) is 8.71. The van der Waals surface area contributed by atoms with Crippen molar-refractivity contribution >= 4 is 5.97 Å². The van der Waals surface area contributed by atoms with Crippen LogP contribution >= 0.6 is 0 Å². The minimum absolute atomic E-state index is 0.139. The molecule has 0 bridgehead atoms. The topological polar surface area (TPSA) is 44.8 Å². The van der Waals surface area contributed by atoms with E-state index in [4.69, 9.17) is 14.2 Å². The molecule has 0 aliphatic heterocycles. The number of halogens is 1. The molecule has 0 aromatic heterocycles. The molecule has 0 fully saturated rings.